The van der Waals surface area contributed by atoms with Crippen molar-refractivity contribution in [2.75, 3.05) is 59.1 Å². The SMILES string of the molecule is CCNC(=O)C1CCCN1C(=O)C(C)NC(=O)C1CCCN1C(=O)C(CCCNC(=N)N)NC(=O)C(NC(=O)C(CC(=O)O)NC(=O)C1CCCN1C(=O)C(C)NC(=O)C(CO)NC(=O)C(NC(=O)C(NC(=O)CNC(=O)C(Cc1c[nH]cn1)NC(=O)C(CCC(=O)O)NC(=O)C(Cc1ccccc1)NC(=O)CCCC(C)=O)C(C)C)C(C)O[C@H]1O[C@H](CO)[C@@H](O)C(O[C@H]2O[C@H](CO)[C@@H](O)C(O)C2O)C1NC(C)=O)C(C)O. The first-order valence-electron chi connectivity index (χ1n) is 48.5. The molecule has 29 N–H and O–H groups in total. The quantitative estimate of drug-likeness (QED) is 0.0166. The first kappa shape index (κ1) is 121. The number of guanidine groups is 1. The molecule has 818 valence electrons. The van der Waals surface area contributed by atoms with Gasteiger partial charge in [0.05, 0.1) is 57.0 Å². The van der Waals surface area contributed by atoms with Crippen LogP contribution in [0.25, 0.3) is 0 Å². The van der Waals surface area contributed by atoms with Crippen molar-refractivity contribution in [2.45, 2.75) is 323 Å². The molecule has 0 radical (unpaired) electrons. The fourth-order valence-electron chi connectivity index (χ4n) is 17.2. The van der Waals surface area contributed by atoms with Gasteiger partial charge in [0.15, 0.2) is 18.5 Å². The lowest BCUT2D eigenvalue weighted by atomic mass is 9.95. The summed E-state index contributed by atoms with van der Waals surface area (Å²) in [5.74, 6) is -22.0. The number of hydrogen-bond acceptors (Lipinski definition) is 34. The van der Waals surface area contributed by atoms with Crippen LogP contribution in [0.2, 0.25) is 0 Å². The van der Waals surface area contributed by atoms with Gasteiger partial charge >= 0.3 is 11.9 Å². The van der Waals surface area contributed by atoms with Crippen molar-refractivity contribution in [3.05, 3.63) is 54.1 Å². The maximum atomic E-state index is 15.2. The van der Waals surface area contributed by atoms with E-state index in [1.54, 1.807) is 37.3 Å². The minimum atomic E-state index is -2.24. The molecule has 0 aliphatic carbocycles. The summed E-state index contributed by atoms with van der Waals surface area (Å²) in [6.45, 7) is 7.32. The van der Waals surface area contributed by atoms with Crippen LogP contribution in [0, 0.1) is 11.3 Å². The van der Waals surface area contributed by atoms with Crippen molar-refractivity contribution < 1.29 is 166 Å². The molecule has 6 heterocycles. The van der Waals surface area contributed by atoms with Gasteiger partial charge in [-0.2, -0.15) is 0 Å². The lowest BCUT2D eigenvalue weighted by molar-refractivity contribution is -0.347. The molecule has 5 saturated heterocycles. The molecule has 17 amide bonds. The Kier molecular flexibility index (Phi) is 48.0. The van der Waals surface area contributed by atoms with Crippen LogP contribution in [-0.4, -0.2) is 417 Å². The molecule has 147 heavy (non-hydrogen) atoms. The predicted octanol–water partition coefficient (Wildman–Crippen LogP) is -11.6. The number of carbonyl (C=O) groups is 20. The highest BCUT2D eigenvalue weighted by molar-refractivity contribution is 6.02. The first-order chi connectivity index (χ1) is 69.5. The number of nitrogens with zero attached hydrogens (tertiary/aromatic N) is 4. The van der Waals surface area contributed by atoms with Gasteiger partial charge in [-0.3, -0.25) is 96.5 Å². The average Bonchev–Trinajstić information content (AvgIpc) is 1.71. The maximum Gasteiger partial charge on any atom is 0.305 e. The van der Waals surface area contributed by atoms with E-state index in [0.29, 0.717) is 24.9 Å². The number of benzene rings is 1. The highest BCUT2D eigenvalue weighted by Crippen LogP contribution is 2.32. The van der Waals surface area contributed by atoms with E-state index in [9.17, 15) is 137 Å². The number of aromatic amines is 1. The topological polar surface area (TPSA) is 849 Å². The number of aliphatic carboxylic acids is 2. The third-order valence-corrected chi connectivity index (χ3v) is 25.0. The van der Waals surface area contributed by atoms with Gasteiger partial charge in [0.1, 0.15) is 139 Å². The standard InChI is InChI=1S/C91H140N22O34/c1-10-95-80(135)57-23-16-30-111(57)87(142)45(6)100-81(136)58-24-18-32-113(58)88(143)52(22-15-29-96-91(92)93)104-84(139)67(46(7)118)109-78(133)55(35-65(124)125)106-82(137)59-25-17-31-112(59)86(141)44(5)99-79(134)56(38-114)107-85(140)68(47(8)144-89-69(101-48(9)119)74(71(127)61(40-116)145-89)147-90-73(129)72(128)70(126)60(39-115)146-90)110-83(138)66(42(2)3)108-63(121)37-97-75(130)54(34-50-36-94-41-98-50)105-76(131)51(27-28-64(122)123)103-77(132)53(33-49-20-12-11-13-21-49)102-62(120)26-14-19-43(4)117/h11-13,20-21,36,41-42,44-47,51-61,66-74,89-90,114-116,118,126-129H,10,14-19,22-35,37-40H2,1-9H3,(H,94,98)(H,95,135)(H,97,130)(H,99,134)(H,100,136)(H,101,119)(H,102,120)(H,103,132)(H,104,139)(H,105,131)(H,106,137)(H,107,140)(H,108,121)(H,109,133)(H,110,138)(H,122,123)(H,124,125)(H4,92,93,96)/t44?,45?,46?,47?,51?,52?,53?,54?,55?,56?,57?,58?,59?,60-,61-,66?,67?,68?,69?,70-,71-,72?,73?,74?,89+,90-/m1/s1. The number of carboxylic acid groups (broad SMARTS) is 2. The fourth-order valence-corrected chi connectivity index (χ4v) is 17.2. The zero-order chi connectivity index (χ0) is 109. The molecule has 0 spiro atoms. The average molecular weight is 2090 g/mol. The maximum absolute atomic E-state index is 15.2. The summed E-state index contributed by atoms with van der Waals surface area (Å²) in [5, 5.41) is 151. The molecule has 20 unspecified atom stereocenters. The van der Waals surface area contributed by atoms with Gasteiger partial charge in [-0.05, 0) is 117 Å². The Labute approximate surface area is 844 Å². The van der Waals surface area contributed by atoms with Crippen molar-refractivity contribution in [3.63, 3.8) is 0 Å². The summed E-state index contributed by atoms with van der Waals surface area (Å²) in [6, 6.07) is -16.5. The first-order valence-corrected chi connectivity index (χ1v) is 48.5. The molecule has 56 nitrogen and oxygen atoms in total. The Bertz CT molecular complexity index is 4890. The van der Waals surface area contributed by atoms with Crippen LogP contribution in [0.3, 0.4) is 0 Å². The number of aliphatic hydroxyl groups excluding tert-OH is 8. The van der Waals surface area contributed by atoms with Crippen LogP contribution in [0.15, 0.2) is 42.9 Å². The highest BCUT2D eigenvalue weighted by atomic mass is 16.7. The van der Waals surface area contributed by atoms with E-state index in [-0.39, 0.29) is 108 Å². The Morgan fingerprint density at radius 1 is 0.517 bits per heavy atom. The predicted molar refractivity (Wildman–Crippen MR) is 506 cm³/mol. The molecule has 5 fully saturated rings. The van der Waals surface area contributed by atoms with Gasteiger partial charge in [0.2, 0.25) is 100 Å². The van der Waals surface area contributed by atoms with Crippen LogP contribution in [0.5, 0.6) is 0 Å². The van der Waals surface area contributed by atoms with Gasteiger partial charge in [-0.15, -0.1) is 0 Å². The molecule has 0 bridgehead atoms. The molecular weight excluding hydrogens is 1950 g/mol. The third kappa shape index (κ3) is 35.8. The number of rotatable bonds is 56. The third-order valence-electron chi connectivity index (χ3n) is 25.0. The Morgan fingerprint density at radius 3 is 1.61 bits per heavy atom. The Hall–Kier alpha value is -13.2. The molecule has 0 saturated carbocycles. The number of Topliss-reactive ketones (excluding diaryl/α,β-unsaturated/α-hetero) is 1. The minimum absolute atomic E-state index is 0.0192. The molecule has 5 aliphatic rings. The number of aliphatic hydroxyl groups is 8. The monoisotopic (exact) mass is 2080 g/mol. The van der Waals surface area contributed by atoms with E-state index in [0.717, 1.165) is 32.6 Å². The number of amides is 17. The molecule has 5 aliphatic heterocycles. The second-order valence-corrected chi connectivity index (χ2v) is 36.9. The molecule has 1 aromatic heterocycles. The van der Waals surface area contributed by atoms with Crippen LogP contribution < -0.4 is 85.5 Å². The summed E-state index contributed by atoms with van der Waals surface area (Å²) in [5.41, 5.74) is 6.19. The van der Waals surface area contributed by atoms with E-state index in [1.807, 2.05) is 0 Å². The molecule has 26 atom stereocenters. The number of imidazole rings is 1. The summed E-state index contributed by atoms with van der Waals surface area (Å²) in [7, 11) is 0. The molecule has 7 rings (SSSR count). The van der Waals surface area contributed by atoms with Crippen molar-refractivity contribution in [2.24, 2.45) is 11.7 Å². The number of carbonyl (C=O) groups excluding carboxylic acids is 18. The number of aromatic nitrogens is 2. The van der Waals surface area contributed by atoms with Crippen molar-refractivity contribution in [1.82, 2.24) is 104 Å². The summed E-state index contributed by atoms with van der Waals surface area (Å²) < 4.78 is 23.7. The van der Waals surface area contributed by atoms with E-state index in [1.165, 1.54) is 50.0 Å². The lowest BCUT2D eigenvalue weighted by Gasteiger charge is -2.48. The van der Waals surface area contributed by atoms with Gasteiger partial charge in [0, 0.05) is 77.9 Å². The van der Waals surface area contributed by atoms with E-state index >= 15 is 9.59 Å². The molecule has 56 heteroatoms. The van der Waals surface area contributed by atoms with Crippen LogP contribution in [0.1, 0.15) is 163 Å². The summed E-state index contributed by atoms with van der Waals surface area (Å²) in [4.78, 5) is 287. The number of nitrogens with two attached hydrogens (primary N) is 1. The minimum Gasteiger partial charge on any atom is -0.481 e. The number of nitrogens with one attached hydrogen (secondary N) is 17. The number of likely N-dealkylation sites (tertiary alicyclic amines) is 3. The smallest absolute Gasteiger partial charge is 0.305 e. The summed E-state index contributed by atoms with van der Waals surface area (Å²) >= 11 is 0. The number of hydrogen-bond donors (Lipinski definition) is 28. The van der Waals surface area contributed by atoms with Crippen molar-refractivity contribution in [1.29, 1.82) is 5.41 Å². The fraction of sp³-hybridized carbons (Fsp3) is 0.670. The zero-order valence-corrected chi connectivity index (χ0v) is 82.9. The normalized spacial score (nSPS) is 23.3. The Morgan fingerprint density at radius 2 is 1.05 bits per heavy atom. The van der Waals surface area contributed by atoms with E-state index in [4.69, 9.17) is 30.1 Å². The van der Waals surface area contributed by atoms with Crippen molar-refractivity contribution >= 4 is 124 Å². The van der Waals surface area contributed by atoms with Crippen LogP contribution in [-0.2, 0) is 128 Å². The highest BCUT2D eigenvalue weighted by Gasteiger charge is 2.54. The largest absolute Gasteiger partial charge is 0.481 e. The number of ether oxygens (including phenoxy) is 4. The Balaban J connectivity index is 1.09. The number of ketones is 1. The zero-order valence-electron chi connectivity index (χ0n) is 82.9. The van der Waals surface area contributed by atoms with Gasteiger partial charge in [0.25, 0.3) is 0 Å². The van der Waals surface area contributed by atoms with Crippen molar-refractivity contribution in [3.8, 4) is 0 Å². The number of H-pyrrole nitrogens is 1. The second-order valence-electron chi connectivity index (χ2n) is 36.9. The number of likely N-dealkylation sites (N-methyl/N-ethyl adjacent to an activating group) is 1. The van der Waals surface area contributed by atoms with Gasteiger partial charge in [-0.1, -0.05) is 44.2 Å². The van der Waals surface area contributed by atoms with E-state index < -0.39 is 329 Å². The van der Waals surface area contributed by atoms with Gasteiger partial charge < -0.3 is 180 Å². The van der Waals surface area contributed by atoms with Gasteiger partial charge in [-0.25, -0.2) is 4.98 Å². The second kappa shape index (κ2) is 58.4. The summed E-state index contributed by atoms with van der Waals surface area (Å²) in [6.07, 6.45) is -20.9. The molecule has 2 aromatic rings. The van der Waals surface area contributed by atoms with Crippen LogP contribution in [0.4, 0.5) is 0 Å². The van der Waals surface area contributed by atoms with Crippen LogP contribution >= 0.6 is 0 Å². The molecule has 1 aromatic carbocycles. The lowest BCUT2D eigenvalue weighted by Crippen LogP contribution is -2.69. The number of carboxylic acids is 2. The molecular formula is C91H140N22O34. The van der Waals surface area contributed by atoms with E-state index in [2.05, 4.69) is 89.7 Å².